The normalized spacial score (nSPS) is 30.2. The van der Waals surface area contributed by atoms with Crippen LogP contribution in [0.5, 0.6) is 0 Å². The first kappa shape index (κ1) is 13.4. The number of ether oxygens (including phenoxy) is 1. The summed E-state index contributed by atoms with van der Waals surface area (Å²) < 4.78 is 5.65. The highest BCUT2D eigenvalue weighted by Gasteiger charge is 2.20. The van der Waals surface area contributed by atoms with E-state index in [1.54, 1.807) is 0 Å². The molecule has 0 radical (unpaired) electrons. The average molecular weight is 239 g/mol. The topological polar surface area (TPSA) is 21.3 Å². The van der Waals surface area contributed by atoms with Crippen LogP contribution in [0.4, 0.5) is 0 Å². The van der Waals surface area contributed by atoms with Gasteiger partial charge in [0, 0.05) is 19.3 Å². The molecule has 2 unspecified atom stereocenters. The molecule has 2 aliphatic rings. The highest BCUT2D eigenvalue weighted by atomic mass is 16.5. The molecule has 0 aromatic heterocycles. The molecule has 0 aliphatic heterocycles. The third-order valence-electron chi connectivity index (χ3n) is 4.21. The van der Waals surface area contributed by atoms with Gasteiger partial charge in [0.2, 0.25) is 0 Å². The summed E-state index contributed by atoms with van der Waals surface area (Å²) in [5.41, 5.74) is 0. The minimum absolute atomic E-state index is 0.781. The van der Waals surface area contributed by atoms with E-state index in [2.05, 4.69) is 12.2 Å². The maximum Gasteiger partial charge on any atom is 0.0494 e. The van der Waals surface area contributed by atoms with Crippen molar-refractivity contribution in [3.8, 4) is 0 Å². The lowest BCUT2D eigenvalue weighted by molar-refractivity contribution is 0.121. The maximum absolute atomic E-state index is 5.65. The molecular weight excluding hydrogens is 210 g/mol. The van der Waals surface area contributed by atoms with Gasteiger partial charge < -0.3 is 10.1 Å². The first-order valence-electron chi connectivity index (χ1n) is 7.65. The molecule has 2 fully saturated rings. The van der Waals surface area contributed by atoms with Crippen LogP contribution in [0.25, 0.3) is 0 Å². The second-order valence-electron chi connectivity index (χ2n) is 6.14. The van der Waals surface area contributed by atoms with Gasteiger partial charge in [-0.1, -0.05) is 19.8 Å². The molecule has 0 amide bonds. The maximum atomic E-state index is 5.65. The van der Waals surface area contributed by atoms with E-state index in [0.717, 1.165) is 37.6 Å². The summed E-state index contributed by atoms with van der Waals surface area (Å²) in [6.07, 6.45) is 11.0. The Bertz CT molecular complexity index is 203. The van der Waals surface area contributed by atoms with Crippen molar-refractivity contribution >= 4 is 0 Å². The predicted molar refractivity (Wildman–Crippen MR) is 72.2 cm³/mol. The van der Waals surface area contributed by atoms with Gasteiger partial charge in [0.1, 0.15) is 0 Å². The molecule has 0 heterocycles. The highest BCUT2D eigenvalue weighted by molar-refractivity contribution is 4.73. The molecule has 100 valence electrons. The molecular formula is C15H29NO. The van der Waals surface area contributed by atoms with E-state index in [1.165, 1.54) is 51.4 Å². The van der Waals surface area contributed by atoms with Gasteiger partial charge >= 0.3 is 0 Å². The summed E-state index contributed by atoms with van der Waals surface area (Å²) in [7, 11) is 0. The molecule has 1 N–H and O–H groups in total. The molecule has 2 aliphatic carbocycles. The van der Waals surface area contributed by atoms with Crippen molar-refractivity contribution in [1.82, 2.24) is 5.32 Å². The first-order chi connectivity index (χ1) is 8.34. The third-order valence-corrected chi connectivity index (χ3v) is 4.21. The van der Waals surface area contributed by atoms with E-state index in [9.17, 15) is 0 Å². The summed E-state index contributed by atoms with van der Waals surface area (Å²) in [5, 5.41) is 3.71. The largest absolute Gasteiger partial charge is 0.381 e. The fourth-order valence-electron chi connectivity index (χ4n) is 2.71. The first-order valence-corrected chi connectivity index (χ1v) is 7.65. The van der Waals surface area contributed by atoms with Gasteiger partial charge in [-0.15, -0.1) is 0 Å². The number of hydrogen-bond donors (Lipinski definition) is 1. The van der Waals surface area contributed by atoms with Crippen LogP contribution in [0.1, 0.15) is 58.3 Å². The number of hydrogen-bond acceptors (Lipinski definition) is 2. The molecule has 2 heteroatoms. The quantitative estimate of drug-likeness (QED) is 0.543. The third kappa shape index (κ3) is 5.87. The van der Waals surface area contributed by atoms with Gasteiger partial charge in [-0.05, 0) is 56.9 Å². The summed E-state index contributed by atoms with van der Waals surface area (Å²) in [6.45, 7) is 5.51. The monoisotopic (exact) mass is 239 g/mol. The molecule has 2 saturated carbocycles. The summed E-state index contributed by atoms with van der Waals surface area (Å²) in [6, 6.07) is 0.781. The molecule has 17 heavy (non-hydrogen) atoms. The van der Waals surface area contributed by atoms with E-state index in [1.807, 2.05) is 0 Å². The Morgan fingerprint density at radius 3 is 2.76 bits per heavy atom. The second-order valence-corrected chi connectivity index (χ2v) is 6.14. The fraction of sp³-hybridized carbons (Fsp3) is 1.00. The predicted octanol–water partition coefficient (Wildman–Crippen LogP) is 3.36. The Hall–Kier alpha value is -0.0800. The lowest BCUT2D eigenvalue weighted by atomic mass is 10.0. The van der Waals surface area contributed by atoms with Gasteiger partial charge in [0.25, 0.3) is 0 Å². The van der Waals surface area contributed by atoms with Gasteiger partial charge in [-0.25, -0.2) is 0 Å². The lowest BCUT2D eigenvalue weighted by Crippen LogP contribution is -2.30. The van der Waals surface area contributed by atoms with Crippen molar-refractivity contribution in [3.63, 3.8) is 0 Å². The molecule has 2 nitrogen and oxygen atoms in total. The van der Waals surface area contributed by atoms with Gasteiger partial charge in [-0.2, -0.15) is 0 Å². The van der Waals surface area contributed by atoms with Crippen LogP contribution < -0.4 is 5.32 Å². The molecule has 0 aromatic rings. The lowest BCUT2D eigenvalue weighted by Gasteiger charge is -2.16. The van der Waals surface area contributed by atoms with Crippen molar-refractivity contribution in [2.24, 2.45) is 11.8 Å². The van der Waals surface area contributed by atoms with Crippen LogP contribution in [-0.2, 0) is 4.74 Å². The van der Waals surface area contributed by atoms with Crippen LogP contribution in [0.15, 0.2) is 0 Å². The van der Waals surface area contributed by atoms with Crippen molar-refractivity contribution in [2.75, 3.05) is 19.8 Å². The Morgan fingerprint density at radius 2 is 1.94 bits per heavy atom. The zero-order valence-corrected chi connectivity index (χ0v) is 11.4. The molecule has 0 aromatic carbocycles. The van der Waals surface area contributed by atoms with Crippen LogP contribution >= 0.6 is 0 Å². The minimum atomic E-state index is 0.781. The molecule has 2 rings (SSSR count). The number of rotatable bonds is 7. The molecule has 0 spiro atoms. The highest BCUT2D eigenvalue weighted by Crippen LogP contribution is 2.28. The molecule has 0 saturated heterocycles. The summed E-state index contributed by atoms with van der Waals surface area (Å²) >= 11 is 0. The van der Waals surface area contributed by atoms with Crippen LogP contribution in [0.3, 0.4) is 0 Å². The SMILES string of the molecule is CC1CCCC(NCCCOCC2CC2)CC1. The van der Waals surface area contributed by atoms with Crippen molar-refractivity contribution in [3.05, 3.63) is 0 Å². The average Bonchev–Trinajstić information content (AvgIpc) is 3.13. The molecule has 2 atom stereocenters. The van der Waals surface area contributed by atoms with E-state index >= 15 is 0 Å². The Balaban J connectivity index is 1.43. The van der Waals surface area contributed by atoms with Gasteiger partial charge in [0.05, 0.1) is 0 Å². The summed E-state index contributed by atoms with van der Waals surface area (Å²) in [4.78, 5) is 0. The minimum Gasteiger partial charge on any atom is -0.381 e. The van der Waals surface area contributed by atoms with Crippen LogP contribution in [-0.4, -0.2) is 25.8 Å². The van der Waals surface area contributed by atoms with Crippen LogP contribution in [0.2, 0.25) is 0 Å². The van der Waals surface area contributed by atoms with Crippen molar-refractivity contribution in [2.45, 2.75) is 64.3 Å². The van der Waals surface area contributed by atoms with Crippen LogP contribution in [0, 0.1) is 11.8 Å². The zero-order chi connectivity index (χ0) is 11.9. The smallest absolute Gasteiger partial charge is 0.0494 e. The van der Waals surface area contributed by atoms with Gasteiger partial charge in [-0.3, -0.25) is 0 Å². The summed E-state index contributed by atoms with van der Waals surface area (Å²) in [5.74, 6) is 1.86. The van der Waals surface area contributed by atoms with E-state index in [4.69, 9.17) is 4.74 Å². The number of nitrogens with one attached hydrogen (secondary N) is 1. The van der Waals surface area contributed by atoms with E-state index < -0.39 is 0 Å². The Morgan fingerprint density at radius 1 is 1.06 bits per heavy atom. The zero-order valence-electron chi connectivity index (χ0n) is 11.4. The second kappa shape index (κ2) is 7.38. The van der Waals surface area contributed by atoms with Crippen molar-refractivity contribution < 1.29 is 4.74 Å². The molecule has 0 bridgehead atoms. The standard InChI is InChI=1S/C15H29NO/c1-13-4-2-5-15(9-6-13)16-10-3-11-17-12-14-7-8-14/h13-16H,2-12H2,1H3. The van der Waals surface area contributed by atoms with Gasteiger partial charge in [0.15, 0.2) is 0 Å². The Kier molecular flexibility index (Phi) is 5.79. The van der Waals surface area contributed by atoms with Crippen molar-refractivity contribution in [1.29, 1.82) is 0 Å². The Labute approximate surface area is 107 Å². The fourth-order valence-corrected chi connectivity index (χ4v) is 2.71. The van der Waals surface area contributed by atoms with E-state index in [0.29, 0.717) is 0 Å². The van der Waals surface area contributed by atoms with E-state index in [-0.39, 0.29) is 0 Å².